The van der Waals surface area contributed by atoms with Crippen LogP contribution in [0.3, 0.4) is 0 Å². The summed E-state index contributed by atoms with van der Waals surface area (Å²) >= 11 is 0. The minimum absolute atomic E-state index is 0.0205. The van der Waals surface area contributed by atoms with E-state index in [1.165, 1.54) is 11.1 Å². The molecule has 2 rings (SSSR count). The Bertz CT molecular complexity index is 348. The summed E-state index contributed by atoms with van der Waals surface area (Å²) in [6, 6.07) is 6.24. The molecule has 82 valence electrons. The van der Waals surface area contributed by atoms with E-state index in [0.29, 0.717) is 6.42 Å². The maximum absolute atomic E-state index is 13.4. The highest BCUT2D eigenvalue weighted by Crippen LogP contribution is 2.26. The molecule has 0 heterocycles. The van der Waals surface area contributed by atoms with Crippen LogP contribution in [-0.4, -0.2) is 12.2 Å². The molecule has 0 radical (unpaired) electrons. The SMILES string of the molecule is Cc1ccc(N[C@@H]2CCC[C@H]2F)cc1C. The molecule has 2 heteroatoms. The first-order valence-corrected chi connectivity index (χ1v) is 5.64. The van der Waals surface area contributed by atoms with Gasteiger partial charge in [0, 0.05) is 5.69 Å². The van der Waals surface area contributed by atoms with Crippen LogP contribution in [0.1, 0.15) is 30.4 Å². The number of aryl methyl sites for hydroxylation is 2. The van der Waals surface area contributed by atoms with Gasteiger partial charge in [-0.15, -0.1) is 0 Å². The van der Waals surface area contributed by atoms with Gasteiger partial charge in [-0.05, 0) is 56.4 Å². The lowest BCUT2D eigenvalue weighted by atomic mass is 10.1. The predicted molar refractivity (Wildman–Crippen MR) is 62.1 cm³/mol. The van der Waals surface area contributed by atoms with Crippen LogP contribution in [-0.2, 0) is 0 Å². The van der Waals surface area contributed by atoms with E-state index >= 15 is 0 Å². The molecule has 1 aliphatic rings. The van der Waals surface area contributed by atoms with Gasteiger partial charge in [0.25, 0.3) is 0 Å². The maximum atomic E-state index is 13.4. The van der Waals surface area contributed by atoms with Crippen molar-refractivity contribution < 1.29 is 4.39 Å². The Morgan fingerprint density at radius 3 is 2.60 bits per heavy atom. The molecule has 0 saturated heterocycles. The van der Waals surface area contributed by atoms with E-state index in [1.54, 1.807) is 0 Å². The summed E-state index contributed by atoms with van der Waals surface area (Å²) in [6.45, 7) is 4.18. The van der Waals surface area contributed by atoms with Gasteiger partial charge in [-0.25, -0.2) is 4.39 Å². The number of benzene rings is 1. The minimum atomic E-state index is -0.674. The molecular weight excluding hydrogens is 189 g/mol. The Labute approximate surface area is 90.7 Å². The van der Waals surface area contributed by atoms with Crippen molar-refractivity contribution >= 4 is 5.69 Å². The molecule has 2 atom stereocenters. The molecule has 0 aromatic heterocycles. The van der Waals surface area contributed by atoms with E-state index in [1.807, 2.05) is 6.07 Å². The van der Waals surface area contributed by atoms with Crippen molar-refractivity contribution in [3.05, 3.63) is 29.3 Å². The zero-order chi connectivity index (χ0) is 10.8. The van der Waals surface area contributed by atoms with E-state index in [2.05, 4.69) is 31.3 Å². The summed E-state index contributed by atoms with van der Waals surface area (Å²) in [6.07, 6.45) is 1.99. The molecule has 0 aliphatic heterocycles. The molecular formula is C13H18FN. The van der Waals surface area contributed by atoms with Gasteiger partial charge in [0.05, 0.1) is 6.04 Å². The molecule has 15 heavy (non-hydrogen) atoms. The fourth-order valence-electron chi connectivity index (χ4n) is 2.12. The maximum Gasteiger partial charge on any atom is 0.120 e. The van der Waals surface area contributed by atoms with Gasteiger partial charge in [0.15, 0.2) is 0 Å². The molecule has 1 aliphatic carbocycles. The largest absolute Gasteiger partial charge is 0.379 e. The van der Waals surface area contributed by atoms with Crippen LogP contribution < -0.4 is 5.32 Å². The monoisotopic (exact) mass is 207 g/mol. The van der Waals surface area contributed by atoms with E-state index in [9.17, 15) is 4.39 Å². The van der Waals surface area contributed by atoms with Crippen LogP contribution in [0.15, 0.2) is 18.2 Å². The number of nitrogens with one attached hydrogen (secondary N) is 1. The third-order valence-corrected chi connectivity index (χ3v) is 3.29. The number of hydrogen-bond donors (Lipinski definition) is 1. The standard InChI is InChI=1S/C13H18FN/c1-9-6-7-11(8-10(9)2)15-13-5-3-4-12(13)14/h6-8,12-13,15H,3-5H2,1-2H3/t12-,13-/m1/s1. The molecule has 1 nitrogen and oxygen atoms in total. The summed E-state index contributed by atoms with van der Waals surface area (Å²) in [5.74, 6) is 0. The third kappa shape index (κ3) is 2.31. The van der Waals surface area contributed by atoms with Crippen molar-refractivity contribution in [1.82, 2.24) is 0 Å². The highest BCUT2D eigenvalue weighted by atomic mass is 19.1. The number of hydrogen-bond acceptors (Lipinski definition) is 1. The van der Waals surface area contributed by atoms with Gasteiger partial charge in [-0.2, -0.15) is 0 Å². The Hall–Kier alpha value is -1.05. The van der Waals surface area contributed by atoms with E-state index in [-0.39, 0.29) is 6.04 Å². The van der Waals surface area contributed by atoms with Gasteiger partial charge in [-0.3, -0.25) is 0 Å². The number of rotatable bonds is 2. The third-order valence-electron chi connectivity index (χ3n) is 3.29. The molecule has 1 N–H and O–H groups in total. The molecule has 0 spiro atoms. The van der Waals surface area contributed by atoms with E-state index in [4.69, 9.17) is 0 Å². The predicted octanol–water partition coefficient (Wildman–Crippen LogP) is 3.61. The highest BCUT2D eigenvalue weighted by Gasteiger charge is 2.26. The average Bonchev–Trinajstić information content (AvgIpc) is 2.59. The van der Waals surface area contributed by atoms with E-state index < -0.39 is 6.17 Å². The highest BCUT2D eigenvalue weighted by molar-refractivity contribution is 5.49. The van der Waals surface area contributed by atoms with Crippen molar-refractivity contribution in [2.75, 3.05) is 5.32 Å². The molecule has 0 amide bonds. The summed E-state index contributed by atoms with van der Waals surface area (Å²) in [4.78, 5) is 0. The van der Waals surface area contributed by atoms with Crippen molar-refractivity contribution in [2.24, 2.45) is 0 Å². The summed E-state index contributed by atoms with van der Waals surface area (Å²) in [5, 5.41) is 3.28. The zero-order valence-corrected chi connectivity index (χ0v) is 9.39. The zero-order valence-electron chi connectivity index (χ0n) is 9.39. The Balaban J connectivity index is 2.07. The van der Waals surface area contributed by atoms with Crippen LogP contribution in [0, 0.1) is 13.8 Å². The first-order chi connectivity index (χ1) is 7.16. The van der Waals surface area contributed by atoms with E-state index in [0.717, 1.165) is 18.5 Å². The average molecular weight is 207 g/mol. The van der Waals surface area contributed by atoms with Gasteiger partial charge in [-0.1, -0.05) is 6.07 Å². The Morgan fingerprint density at radius 1 is 1.20 bits per heavy atom. The number of halogens is 1. The quantitative estimate of drug-likeness (QED) is 0.781. The second kappa shape index (κ2) is 4.21. The smallest absolute Gasteiger partial charge is 0.120 e. The summed E-state index contributed by atoms with van der Waals surface area (Å²) in [5.41, 5.74) is 3.59. The van der Waals surface area contributed by atoms with Crippen molar-refractivity contribution in [3.8, 4) is 0 Å². The van der Waals surface area contributed by atoms with Gasteiger partial charge in [0.1, 0.15) is 6.17 Å². The van der Waals surface area contributed by atoms with Gasteiger partial charge < -0.3 is 5.32 Å². The summed E-state index contributed by atoms with van der Waals surface area (Å²) < 4.78 is 13.4. The first-order valence-electron chi connectivity index (χ1n) is 5.64. The lowest BCUT2D eigenvalue weighted by molar-refractivity contribution is 0.323. The molecule has 1 saturated carbocycles. The van der Waals surface area contributed by atoms with Crippen LogP contribution >= 0.6 is 0 Å². The summed E-state index contributed by atoms with van der Waals surface area (Å²) in [7, 11) is 0. The van der Waals surface area contributed by atoms with Crippen LogP contribution in [0.25, 0.3) is 0 Å². The number of alkyl halides is 1. The molecule has 0 unspecified atom stereocenters. The minimum Gasteiger partial charge on any atom is -0.379 e. The van der Waals surface area contributed by atoms with Gasteiger partial charge >= 0.3 is 0 Å². The fraction of sp³-hybridized carbons (Fsp3) is 0.538. The second-order valence-corrected chi connectivity index (χ2v) is 4.50. The topological polar surface area (TPSA) is 12.0 Å². The van der Waals surface area contributed by atoms with Gasteiger partial charge in [0.2, 0.25) is 0 Å². The van der Waals surface area contributed by atoms with Crippen LogP contribution in [0.4, 0.5) is 10.1 Å². The van der Waals surface area contributed by atoms with Crippen LogP contribution in [0.2, 0.25) is 0 Å². The molecule has 1 aromatic rings. The lowest BCUT2D eigenvalue weighted by Gasteiger charge is -2.17. The molecule has 0 bridgehead atoms. The fourth-order valence-corrected chi connectivity index (χ4v) is 2.12. The van der Waals surface area contributed by atoms with Crippen molar-refractivity contribution in [1.29, 1.82) is 0 Å². The number of anilines is 1. The second-order valence-electron chi connectivity index (χ2n) is 4.50. The Morgan fingerprint density at radius 2 is 2.00 bits per heavy atom. The lowest BCUT2D eigenvalue weighted by Crippen LogP contribution is -2.24. The van der Waals surface area contributed by atoms with Crippen molar-refractivity contribution in [3.63, 3.8) is 0 Å². The first kappa shape index (κ1) is 10.5. The molecule has 1 aromatic carbocycles. The molecule has 1 fully saturated rings. The normalized spacial score (nSPS) is 25.5. The van der Waals surface area contributed by atoms with Crippen LogP contribution in [0.5, 0.6) is 0 Å². The van der Waals surface area contributed by atoms with Crippen molar-refractivity contribution in [2.45, 2.75) is 45.3 Å². The Kier molecular flexibility index (Phi) is 2.94.